The number of nitrogens with one attached hydrogen (secondary N) is 1. The molecule has 0 aliphatic heterocycles. The average Bonchev–Trinajstić information content (AvgIpc) is 2.47. The minimum atomic E-state index is -0.399. The number of hydrogen-bond donors (Lipinski definition) is 2. The van der Waals surface area contributed by atoms with Gasteiger partial charge in [0.05, 0.1) is 20.3 Å². The first-order chi connectivity index (χ1) is 10.1. The van der Waals surface area contributed by atoms with Crippen LogP contribution in [0.4, 0.5) is 4.39 Å². The molecule has 0 saturated heterocycles. The first-order valence-electron chi connectivity index (χ1n) is 6.54. The molecule has 0 saturated carbocycles. The summed E-state index contributed by atoms with van der Waals surface area (Å²) in [5.41, 5.74) is 5.04. The van der Waals surface area contributed by atoms with Crippen LogP contribution in [0, 0.1) is 12.7 Å². The van der Waals surface area contributed by atoms with Gasteiger partial charge in [-0.1, -0.05) is 6.07 Å². The lowest BCUT2D eigenvalue weighted by Gasteiger charge is -2.21. The number of rotatable bonds is 5. The van der Waals surface area contributed by atoms with E-state index in [1.54, 1.807) is 26.4 Å². The van der Waals surface area contributed by atoms with Crippen LogP contribution in [0.5, 0.6) is 11.5 Å². The minimum absolute atomic E-state index is 0.299. The third kappa shape index (κ3) is 3.32. The number of benzene rings is 2. The molecule has 0 spiro atoms. The molecule has 5 heteroatoms. The summed E-state index contributed by atoms with van der Waals surface area (Å²) in [6, 6.07) is 9.83. The van der Waals surface area contributed by atoms with Crippen LogP contribution in [0.15, 0.2) is 36.4 Å². The highest BCUT2D eigenvalue weighted by Crippen LogP contribution is 2.33. The van der Waals surface area contributed by atoms with Crippen molar-refractivity contribution in [2.24, 2.45) is 5.84 Å². The minimum Gasteiger partial charge on any atom is -0.497 e. The summed E-state index contributed by atoms with van der Waals surface area (Å²) in [7, 11) is 3.17. The normalized spacial score (nSPS) is 12.0. The number of ether oxygens (including phenoxy) is 2. The van der Waals surface area contributed by atoms with Crippen molar-refractivity contribution in [3.05, 3.63) is 58.9 Å². The summed E-state index contributed by atoms with van der Waals surface area (Å²) < 4.78 is 24.2. The molecule has 4 nitrogen and oxygen atoms in total. The van der Waals surface area contributed by atoms with Crippen LogP contribution >= 0.6 is 0 Å². The van der Waals surface area contributed by atoms with E-state index in [9.17, 15) is 4.39 Å². The lowest BCUT2D eigenvalue weighted by molar-refractivity contribution is 0.394. The predicted molar refractivity (Wildman–Crippen MR) is 79.8 cm³/mol. The summed E-state index contributed by atoms with van der Waals surface area (Å²) in [5.74, 6) is 6.72. The summed E-state index contributed by atoms with van der Waals surface area (Å²) >= 11 is 0. The second-order valence-electron chi connectivity index (χ2n) is 4.77. The quantitative estimate of drug-likeness (QED) is 0.656. The number of aryl methyl sites for hydroxylation is 1. The van der Waals surface area contributed by atoms with E-state index in [0.717, 1.165) is 16.7 Å². The van der Waals surface area contributed by atoms with Crippen LogP contribution in [0.2, 0.25) is 0 Å². The largest absolute Gasteiger partial charge is 0.497 e. The summed E-state index contributed by atoms with van der Waals surface area (Å²) in [6.45, 7) is 1.84. The zero-order valence-electron chi connectivity index (χ0n) is 12.3. The van der Waals surface area contributed by atoms with Crippen LogP contribution in [-0.4, -0.2) is 14.2 Å². The molecule has 2 rings (SSSR count). The zero-order chi connectivity index (χ0) is 15.4. The van der Waals surface area contributed by atoms with Gasteiger partial charge in [-0.25, -0.2) is 9.82 Å². The molecule has 112 valence electrons. The Morgan fingerprint density at radius 3 is 2.43 bits per heavy atom. The van der Waals surface area contributed by atoms with Gasteiger partial charge in [0.1, 0.15) is 17.3 Å². The molecule has 0 aromatic heterocycles. The fourth-order valence-electron chi connectivity index (χ4n) is 2.36. The summed E-state index contributed by atoms with van der Waals surface area (Å²) in [4.78, 5) is 0. The Kier molecular flexibility index (Phi) is 4.77. The molecule has 0 bridgehead atoms. The van der Waals surface area contributed by atoms with Crippen molar-refractivity contribution in [2.75, 3.05) is 14.2 Å². The van der Waals surface area contributed by atoms with Crippen molar-refractivity contribution in [2.45, 2.75) is 13.0 Å². The zero-order valence-corrected chi connectivity index (χ0v) is 12.3. The molecule has 0 heterocycles. The van der Waals surface area contributed by atoms with Gasteiger partial charge >= 0.3 is 0 Å². The van der Waals surface area contributed by atoms with Gasteiger partial charge < -0.3 is 9.47 Å². The molecular formula is C16H19FN2O2. The number of halogens is 1. The van der Waals surface area contributed by atoms with Gasteiger partial charge in [-0.05, 0) is 48.4 Å². The van der Waals surface area contributed by atoms with Crippen LogP contribution in [-0.2, 0) is 0 Å². The van der Waals surface area contributed by atoms with Crippen molar-refractivity contribution in [3.63, 3.8) is 0 Å². The predicted octanol–water partition coefficient (Wildman–Crippen LogP) is 2.70. The lowest BCUT2D eigenvalue weighted by Crippen LogP contribution is -2.29. The topological polar surface area (TPSA) is 56.5 Å². The van der Waals surface area contributed by atoms with Crippen LogP contribution in [0.1, 0.15) is 22.7 Å². The van der Waals surface area contributed by atoms with Crippen molar-refractivity contribution >= 4 is 0 Å². The maximum absolute atomic E-state index is 13.6. The molecule has 3 N–H and O–H groups in total. The van der Waals surface area contributed by atoms with Crippen LogP contribution < -0.4 is 20.7 Å². The summed E-state index contributed by atoms with van der Waals surface area (Å²) in [6.07, 6.45) is 0. The highest BCUT2D eigenvalue weighted by atomic mass is 19.1. The van der Waals surface area contributed by atoms with Crippen molar-refractivity contribution < 1.29 is 13.9 Å². The Morgan fingerprint density at radius 2 is 1.86 bits per heavy atom. The number of hydrazine groups is 1. The Morgan fingerprint density at radius 1 is 1.10 bits per heavy atom. The van der Waals surface area contributed by atoms with Crippen molar-refractivity contribution in [1.29, 1.82) is 0 Å². The number of hydrogen-bond acceptors (Lipinski definition) is 4. The van der Waals surface area contributed by atoms with Gasteiger partial charge in [0.25, 0.3) is 0 Å². The molecule has 0 aliphatic carbocycles. The first kappa shape index (κ1) is 15.3. The van der Waals surface area contributed by atoms with Crippen LogP contribution in [0.3, 0.4) is 0 Å². The van der Waals surface area contributed by atoms with Crippen LogP contribution in [0.25, 0.3) is 0 Å². The Labute approximate surface area is 123 Å². The van der Waals surface area contributed by atoms with E-state index in [-0.39, 0.29) is 5.82 Å². The second-order valence-corrected chi connectivity index (χ2v) is 4.77. The molecule has 1 unspecified atom stereocenters. The highest BCUT2D eigenvalue weighted by Gasteiger charge is 2.19. The van der Waals surface area contributed by atoms with Gasteiger partial charge in [0, 0.05) is 5.56 Å². The van der Waals surface area contributed by atoms with E-state index in [2.05, 4.69) is 5.43 Å². The van der Waals surface area contributed by atoms with Gasteiger partial charge in [-0.2, -0.15) is 0 Å². The van der Waals surface area contributed by atoms with Crippen molar-refractivity contribution in [3.8, 4) is 11.5 Å². The smallest absolute Gasteiger partial charge is 0.124 e. The number of nitrogens with two attached hydrogens (primary N) is 1. The fraction of sp³-hybridized carbons (Fsp3) is 0.250. The third-order valence-electron chi connectivity index (χ3n) is 3.31. The standard InChI is InChI=1S/C16H19FN2O2/c1-10-6-11(8-12(17)7-10)16(19-18)14-9-13(20-2)4-5-15(14)21-3/h4-9,16,19H,18H2,1-3H3. The maximum atomic E-state index is 13.6. The molecule has 1 atom stereocenters. The van der Waals surface area contributed by atoms with E-state index < -0.39 is 6.04 Å². The SMILES string of the molecule is COc1ccc(OC)c(C(NN)c2cc(C)cc(F)c2)c1. The Balaban J connectivity index is 2.54. The Hall–Kier alpha value is -2.11. The average molecular weight is 290 g/mol. The van der Waals surface area contributed by atoms with E-state index >= 15 is 0 Å². The molecule has 0 aliphatic rings. The summed E-state index contributed by atoms with van der Waals surface area (Å²) in [5, 5.41) is 0. The molecule has 0 amide bonds. The van der Waals surface area contributed by atoms with Gasteiger partial charge in [-0.15, -0.1) is 0 Å². The Bertz CT molecular complexity index is 611. The van der Waals surface area contributed by atoms with Gasteiger partial charge in [-0.3, -0.25) is 5.84 Å². The van der Waals surface area contributed by atoms with E-state index in [1.165, 1.54) is 12.1 Å². The fourth-order valence-corrected chi connectivity index (χ4v) is 2.36. The second kappa shape index (κ2) is 6.56. The van der Waals surface area contributed by atoms with E-state index in [4.69, 9.17) is 15.3 Å². The molecular weight excluding hydrogens is 271 g/mol. The molecule has 2 aromatic rings. The molecule has 0 radical (unpaired) electrons. The number of methoxy groups -OCH3 is 2. The van der Waals surface area contributed by atoms with Gasteiger partial charge in [0.15, 0.2) is 0 Å². The molecule has 21 heavy (non-hydrogen) atoms. The molecule has 2 aromatic carbocycles. The van der Waals surface area contributed by atoms with Gasteiger partial charge in [0.2, 0.25) is 0 Å². The van der Waals surface area contributed by atoms with E-state index in [1.807, 2.05) is 19.1 Å². The lowest BCUT2D eigenvalue weighted by atomic mass is 9.96. The highest BCUT2D eigenvalue weighted by molar-refractivity contribution is 5.46. The van der Waals surface area contributed by atoms with E-state index in [0.29, 0.717) is 11.5 Å². The first-order valence-corrected chi connectivity index (χ1v) is 6.54. The molecule has 0 fully saturated rings. The maximum Gasteiger partial charge on any atom is 0.124 e. The van der Waals surface area contributed by atoms with Crippen molar-refractivity contribution in [1.82, 2.24) is 5.43 Å². The monoisotopic (exact) mass is 290 g/mol. The third-order valence-corrected chi connectivity index (χ3v) is 3.31.